The molecule has 1 aromatic carbocycles. The summed E-state index contributed by atoms with van der Waals surface area (Å²) in [4.78, 5) is 0. The highest BCUT2D eigenvalue weighted by atomic mass is 16.5. The molecule has 0 spiro atoms. The Hall–Kier alpha value is -2.01. The Morgan fingerprint density at radius 2 is 2.33 bits per heavy atom. The fraction of sp³-hybridized carbons (Fsp3) is 0.438. The first-order chi connectivity index (χ1) is 10.1. The predicted octanol–water partition coefficient (Wildman–Crippen LogP) is 2.22. The van der Waals surface area contributed by atoms with Gasteiger partial charge in [-0.1, -0.05) is 0 Å². The molecular weight excluding hydrogens is 268 g/mol. The summed E-state index contributed by atoms with van der Waals surface area (Å²) in [5, 5.41) is 14.7. The zero-order valence-electron chi connectivity index (χ0n) is 12.5. The van der Waals surface area contributed by atoms with Gasteiger partial charge in [-0.15, -0.1) is 0 Å². The number of hydrogen-bond donors (Lipinski definition) is 1. The second-order valence-corrected chi connectivity index (χ2v) is 5.41. The molecule has 1 aliphatic rings. The van der Waals surface area contributed by atoms with E-state index in [1.54, 1.807) is 17.1 Å². The minimum Gasteiger partial charge on any atom is -0.493 e. The molecule has 21 heavy (non-hydrogen) atoms. The van der Waals surface area contributed by atoms with Crippen molar-refractivity contribution in [2.75, 3.05) is 6.61 Å². The average Bonchev–Trinajstić information content (AvgIpc) is 3.02. The molecule has 5 nitrogen and oxygen atoms in total. The van der Waals surface area contributed by atoms with Gasteiger partial charge < -0.3 is 14.6 Å². The second-order valence-electron chi connectivity index (χ2n) is 5.41. The molecule has 0 radical (unpaired) electrons. The summed E-state index contributed by atoms with van der Waals surface area (Å²) in [5.74, 6) is 1.55. The smallest absolute Gasteiger partial charge is 0.125 e. The van der Waals surface area contributed by atoms with Gasteiger partial charge in [0, 0.05) is 36.4 Å². The standard InChI is InChI=1S/C16H20N2O3/c1-4-20-15-6-11-5-10(2)21-14(11)7-13(15)16(19)12-8-17-18(3)9-12/h6-10,16,19H,4-5H2,1-3H3. The summed E-state index contributed by atoms with van der Waals surface area (Å²) in [6.07, 6.45) is 3.73. The Morgan fingerprint density at radius 1 is 1.52 bits per heavy atom. The molecule has 0 saturated carbocycles. The van der Waals surface area contributed by atoms with E-state index in [-0.39, 0.29) is 6.10 Å². The van der Waals surface area contributed by atoms with Gasteiger partial charge in [0.25, 0.3) is 0 Å². The van der Waals surface area contributed by atoms with Crippen LogP contribution >= 0.6 is 0 Å². The van der Waals surface area contributed by atoms with E-state index < -0.39 is 6.10 Å². The Balaban J connectivity index is 2.02. The summed E-state index contributed by atoms with van der Waals surface area (Å²) in [6, 6.07) is 3.87. The summed E-state index contributed by atoms with van der Waals surface area (Å²) >= 11 is 0. The minimum atomic E-state index is -0.773. The van der Waals surface area contributed by atoms with Crippen molar-refractivity contribution in [1.82, 2.24) is 9.78 Å². The molecule has 1 aliphatic heterocycles. The van der Waals surface area contributed by atoms with Crippen LogP contribution in [0.4, 0.5) is 0 Å². The maximum absolute atomic E-state index is 10.6. The van der Waals surface area contributed by atoms with Crippen LogP contribution in [-0.2, 0) is 13.5 Å². The van der Waals surface area contributed by atoms with E-state index in [4.69, 9.17) is 9.47 Å². The molecule has 0 amide bonds. The van der Waals surface area contributed by atoms with Crippen molar-refractivity contribution in [3.63, 3.8) is 0 Å². The summed E-state index contributed by atoms with van der Waals surface area (Å²) < 4.78 is 13.2. The molecule has 1 N–H and O–H groups in total. The number of ether oxygens (including phenoxy) is 2. The lowest BCUT2D eigenvalue weighted by molar-refractivity contribution is 0.210. The monoisotopic (exact) mass is 288 g/mol. The van der Waals surface area contributed by atoms with Gasteiger partial charge >= 0.3 is 0 Å². The van der Waals surface area contributed by atoms with Gasteiger partial charge in [0.15, 0.2) is 0 Å². The van der Waals surface area contributed by atoms with E-state index in [0.29, 0.717) is 12.4 Å². The normalized spacial score (nSPS) is 18.2. The third-order valence-corrected chi connectivity index (χ3v) is 3.66. The highest BCUT2D eigenvalue weighted by Crippen LogP contribution is 2.39. The number of aromatic nitrogens is 2. The Kier molecular flexibility index (Phi) is 3.59. The van der Waals surface area contributed by atoms with Crippen LogP contribution in [0.5, 0.6) is 11.5 Å². The highest BCUT2D eigenvalue weighted by Gasteiger charge is 2.25. The lowest BCUT2D eigenvalue weighted by atomic mass is 10.00. The molecule has 0 bridgehead atoms. The first-order valence-corrected chi connectivity index (χ1v) is 7.21. The Bertz CT molecular complexity index is 651. The maximum Gasteiger partial charge on any atom is 0.125 e. The third kappa shape index (κ3) is 2.61. The van der Waals surface area contributed by atoms with E-state index in [1.165, 1.54) is 0 Å². The second kappa shape index (κ2) is 5.41. The van der Waals surface area contributed by atoms with Gasteiger partial charge in [-0.3, -0.25) is 4.68 Å². The summed E-state index contributed by atoms with van der Waals surface area (Å²) in [6.45, 7) is 4.53. The molecular formula is C16H20N2O3. The quantitative estimate of drug-likeness (QED) is 0.937. The summed E-state index contributed by atoms with van der Waals surface area (Å²) in [7, 11) is 1.83. The van der Waals surface area contributed by atoms with Crippen molar-refractivity contribution < 1.29 is 14.6 Å². The number of rotatable bonds is 4. The number of benzene rings is 1. The van der Waals surface area contributed by atoms with E-state index in [9.17, 15) is 5.11 Å². The topological polar surface area (TPSA) is 56.5 Å². The molecule has 0 fully saturated rings. The number of hydrogen-bond acceptors (Lipinski definition) is 4. The van der Waals surface area contributed by atoms with Crippen molar-refractivity contribution >= 4 is 0 Å². The average molecular weight is 288 g/mol. The fourth-order valence-corrected chi connectivity index (χ4v) is 2.71. The van der Waals surface area contributed by atoms with Crippen LogP contribution in [0.1, 0.15) is 36.6 Å². The summed E-state index contributed by atoms with van der Waals surface area (Å²) in [5.41, 5.74) is 2.59. The largest absolute Gasteiger partial charge is 0.493 e. The zero-order chi connectivity index (χ0) is 15.0. The molecule has 2 unspecified atom stereocenters. The molecule has 112 valence electrons. The van der Waals surface area contributed by atoms with Crippen molar-refractivity contribution in [3.05, 3.63) is 41.2 Å². The van der Waals surface area contributed by atoms with Crippen LogP contribution in [-0.4, -0.2) is 27.6 Å². The van der Waals surface area contributed by atoms with Crippen LogP contribution in [0, 0.1) is 0 Å². The van der Waals surface area contributed by atoms with Gasteiger partial charge in [0.1, 0.15) is 23.7 Å². The van der Waals surface area contributed by atoms with E-state index in [0.717, 1.165) is 28.9 Å². The van der Waals surface area contributed by atoms with Gasteiger partial charge in [0.05, 0.1) is 12.8 Å². The van der Waals surface area contributed by atoms with Crippen LogP contribution in [0.15, 0.2) is 24.5 Å². The van der Waals surface area contributed by atoms with Crippen molar-refractivity contribution in [2.45, 2.75) is 32.5 Å². The molecule has 2 atom stereocenters. The molecule has 0 aliphatic carbocycles. The number of fused-ring (bicyclic) bond motifs is 1. The Labute approximate surface area is 124 Å². The lowest BCUT2D eigenvalue weighted by Gasteiger charge is -2.16. The van der Waals surface area contributed by atoms with E-state index >= 15 is 0 Å². The molecule has 1 aromatic heterocycles. The number of aliphatic hydroxyl groups is 1. The maximum atomic E-state index is 10.6. The minimum absolute atomic E-state index is 0.167. The predicted molar refractivity (Wildman–Crippen MR) is 78.7 cm³/mol. The van der Waals surface area contributed by atoms with E-state index in [2.05, 4.69) is 5.10 Å². The Morgan fingerprint density at radius 3 is 3.00 bits per heavy atom. The van der Waals surface area contributed by atoms with Gasteiger partial charge in [-0.2, -0.15) is 5.10 Å². The van der Waals surface area contributed by atoms with Crippen molar-refractivity contribution in [3.8, 4) is 11.5 Å². The van der Waals surface area contributed by atoms with Crippen LogP contribution in [0.2, 0.25) is 0 Å². The number of nitrogens with zero attached hydrogens (tertiary/aromatic N) is 2. The molecule has 2 heterocycles. The van der Waals surface area contributed by atoms with Gasteiger partial charge in [-0.25, -0.2) is 0 Å². The third-order valence-electron chi connectivity index (χ3n) is 3.66. The molecule has 2 aromatic rings. The van der Waals surface area contributed by atoms with Crippen LogP contribution < -0.4 is 9.47 Å². The number of aliphatic hydroxyl groups excluding tert-OH is 1. The van der Waals surface area contributed by atoms with Gasteiger partial charge in [0.2, 0.25) is 0 Å². The lowest BCUT2D eigenvalue weighted by Crippen LogP contribution is -2.05. The van der Waals surface area contributed by atoms with Crippen molar-refractivity contribution in [2.24, 2.45) is 7.05 Å². The molecule has 5 heteroatoms. The zero-order valence-corrected chi connectivity index (χ0v) is 12.5. The van der Waals surface area contributed by atoms with E-state index in [1.807, 2.05) is 33.0 Å². The molecule has 0 saturated heterocycles. The number of aryl methyl sites for hydroxylation is 1. The SMILES string of the molecule is CCOc1cc2c(cc1C(O)c1cnn(C)c1)OC(C)C2. The van der Waals surface area contributed by atoms with Gasteiger partial charge in [-0.05, 0) is 26.0 Å². The first-order valence-electron chi connectivity index (χ1n) is 7.21. The molecule has 3 rings (SSSR count). The van der Waals surface area contributed by atoms with Crippen LogP contribution in [0.3, 0.4) is 0 Å². The van der Waals surface area contributed by atoms with Crippen LogP contribution in [0.25, 0.3) is 0 Å². The first kappa shape index (κ1) is 13.9. The fourth-order valence-electron chi connectivity index (χ4n) is 2.71. The highest BCUT2D eigenvalue weighted by molar-refractivity contribution is 5.51. The van der Waals surface area contributed by atoms with Crippen molar-refractivity contribution in [1.29, 1.82) is 0 Å².